The zero-order chi connectivity index (χ0) is 18.8. The molecule has 0 spiro atoms. The van der Waals surface area contributed by atoms with E-state index in [-0.39, 0.29) is 0 Å². The molecule has 3 rings (SSSR count). The average Bonchev–Trinajstić information content (AvgIpc) is 3.03. The zero-order valence-electron chi connectivity index (χ0n) is 13.9. The first-order chi connectivity index (χ1) is 12.4. The summed E-state index contributed by atoms with van der Waals surface area (Å²) in [4.78, 5) is 25.2. The van der Waals surface area contributed by atoms with Gasteiger partial charge in [-0.25, -0.2) is 18.0 Å². The maximum absolute atomic E-state index is 13.5. The Morgan fingerprint density at radius 1 is 1.27 bits per heavy atom. The fourth-order valence-corrected chi connectivity index (χ4v) is 4.10. The zero-order valence-corrected chi connectivity index (χ0v) is 14.7. The molecule has 0 aliphatic heterocycles. The summed E-state index contributed by atoms with van der Waals surface area (Å²) in [7, 11) is 0. The van der Waals surface area contributed by atoms with E-state index in [4.69, 9.17) is 4.74 Å². The lowest BCUT2D eigenvalue weighted by Gasteiger charge is -2.18. The summed E-state index contributed by atoms with van der Waals surface area (Å²) in [5.74, 6) is -5.45. The normalized spacial score (nSPS) is 16.1. The number of amides is 1. The van der Waals surface area contributed by atoms with Gasteiger partial charge in [-0.15, -0.1) is 11.3 Å². The molecule has 1 N–H and O–H groups in total. The van der Waals surface area contributed by atoms with Gasteiger partial charge in [0.1, 0.15) is 0 Å². The van der Waals surface area contributed by atoms with Crippen LogP contribution in [0.2, 0.25) is 0 Å². The van der Waals surface area contributed by atoms with E-state index in [1.807, 2.05) is 0 Å². The number of esters is 1. The van der Waals surface area contributed by atoms with Crippen LogP contribution in [0.3, 0.4) is 0 Å². The van der Waals surface area contributed by atoms with Gasteiger partial charge in [0.15, 0.2) is 24.1 Å². The van der Waals surface area contributed by atoms with Crippen molar-refractivity contribution in [3.63, 3.8) is 0 Å². The van der Waals surface area contributed by atoms with Crippen LogP contribution in [0.5, 0.6) is 0 Å². The third-order valence-electron chi connectivity index (χ3n) is 4.27. The smallest absolute Gasteiger partial charge is 0.339 e. The molecule has 138 valence electrons. The monoisotopic (exact) mass is 383 g/mol. The van der Waals surface area contributed by atoms with Gasteiger partial charge in [-0.3, -0.25) is 4.79 Å². The molecule has 2 aromatic rings. The quantitative estimate of drug-likeness (QED) is 0.639. The van der Waals surface area contributed by atoms with Crippen molar-refractivity contribution in [2.45, 2.75) is 26.2 Å². The molecule has 4 nitrogen and oxygen atoms in total. The van der Waals surface area contributed by atoms with Crippen molar-refractivity contribution in [3.05, 3.63) is 51.0 Å². The van der Waals surface area contributed by atoms with E-state index in [1.54, 1.807) is 5.38 Å². The van der Waals surface area contributed by atoms with Crippen molar-refractivity contribution in [2.24, 2.45) is 5.92 Å². The fourth-order valence-electron chi connectivity index (χ4n) is 2.87. The predicted octanol–water partition coefficient (Wildman–Crippen LogP) is 4.09. The standard InChI is InChI=1S/C18H16F3NO3S/c1-9-2-3-10-11(8-26-14(10)6-9)18(24)25-7-15(23)22-13-5-4-12(19)16(20)17(13)21/h4-5,8-9H,2-3,6-7H2,1H3,(H,22,23)/t9-/m1/s1. The first kappa shape index (κ1) is 18.4. The summed E-state index contributed by atoms with van der Waals surface area (Å²) < 4.78 is 44.5. The van der Waals surface area contributed by atoms with Crippen LogP contribution in [0.15, 0.2) is 17.5 Å². The third-order valence-corrected chi connectivity index (χ3v) is 5.32. The van der Waals surface area contributed by atoms with E-state index in [9.17, 15) is 22.8 Å². The van der Waals surface area contributed by atoms with Gasteiger partial charge in [-0.1, -0.05) is 6.92 Å². The van der Waals surface area contributed by atoms with Gasteiger partial charge in [0, 0.05) is 10.3 Å². The predicted molar refractivity (Wildman–Crippen MR) is 90.7 cm³/mol. The van der Waals surface area contributed by atoms with E-state index in [1.165, 1.54) is 11.3 Å². The largest absolute Gasteiger partial charge is 0.452 e. The molecule has 0 radical (unpaired) electrons. The van der Waals surface area contributed by atoms with Crippen LogP contribution >= 0.6 is 11.3 Å². The minimum absolute atomic E-state index is 0.448. The first-order valence-electron chi connectivity index (χ1n) is 8.06. The molecular weight excluding hydrogens is 367 g/mol. The van der Waals surface area contributed by atoms with Crippen LogP contribution in [0, 0.1) is 23.4 Å². The highest BCUT2D eigenvalue weighted by Gasteiger charge is 2.24. The molecule has 1 atom stereocenters. The third kappa shape index (κ3) is 3.75. The number of benzene rings is 1. The SMILES string of the molecule is C[C@@H]1CCc2c(C(=O)OCC(=O)Nc3ccc(F)c(F)c3F)csc2C1. The Kier molecular flexibility index (Phi) is 5.31. The second-order valence-electron chi connectivity index (χ2n) is 6.25. The molecule has 1 heterocycles. The van der Waals surface area contributed by atoms with E-state index < -0.39 is 41.6 Å². The Morgan fingerprint density at radius 3 is 2.81 bits per heavy atom. The van der Waals surface area contributed by atoms with Crippen LogP contribution in [-0.4, -0.2) is 18.5 Å². The Bertz CT molecular complexity index is 866. The Morgan fingerprint density at radius 2 is 2.04 bits per heavy atom. The lowest BCUT2D eigenvalue weighted by Crippen LogP contribution is -2.22. The number of rotatable bonds is 4. The lowest BCUT2D eigenvalue weighted by atomic mass is 9.88. The summed E-state index contributed by atoms with van der Waals surface area (Å²) in [5, 5.41) is 3.77. The van der Waals surface area contributed by atoms with Gasteiger partial charge in [-0.05, 0) is 42.9 Å². The molecule has 8 heteroatoms. The van der Waals surface area contributed by atoms with Crippen molar-refractivity contribution in [3.8, 4) is 0 Å². The van der Waals surface area contributed by atoms with Gasteiger partial charge >= 0.3 is 5.97 Å². The number of anilines is 1. The second kappa shape index (κ2) is 7.49. The molecule has 1 aromatic carbocycles. The highest BCUT2D eigenvalue weighted by molar-refractivity contribution is 7.10. The average molecular weight is 383 g/mol. The second-order valence-corrected chi connectivity index (χ2v) is 7.21. The minimum Gasteiger partial charge on any atom is -0.452 e. The maximum Gasteiger partial charge on any atom is 0.339 e. The number of hydrogen-bond acceptors (Lipinski definition) is 4. The molecule has 0 fully saturated rings. The molecule has 1 aromatic heterocycles. The van der Waals surface area contributed by atoms with Gasteiger partial charge < -0.3 is 10.1 Å². The summed E-state index contributed by atoms with van der Waals surface area (Å²) in [5.41, 5.74) is 0.890. The topological polar surface area (TPSA) is 55.4 Å². The Hall–Kier alpha value is -2.35. The summed E-state index contributed by atoms with van der Waals surface area (Å²) in [6.07, 6.45) is 2.69. The first-order valence-corrected chi connectivity index (χ1v) is 8.94. The molecule has 0 saturated carbocycles. The van der Waals surface area contributed by atoms with Gasteiger partial charge in [-0.2, -0.15) is 0 Å². The van der Waals surface area contributed by atoms with Crippen molar-refractivity contribution >= 4 is 28.9 Å². The van der Waals surface area contributed by atoms with Crippen LogP contribution in [0.1, 0.15) is 34.1 Å². The van der Waals surface area contributed by atoms with Crippen LogP contribution in [0.25, 0.3) is 0 Å². The highest BCUT2D eigenvalue weighted by Crippen LogP contribution is 2.33. The summed E-state index contributed by atoms with van der Waals surface area (Å²) in [6, 6.07) is 1.59. The van der Waals surface area contributed by atoms with Crippen molar-refractivity contribution in [2.75, 3.05) is 11.9 Å². The van der Waals surface area contributed by atoms with Crippen molar-refractivity contribution in [1.82, 2.24) is 0 Å². The van der Waals surface area contributed by atoms with E-state index in [0.717, 1.165) is 35.8 Å². The van der Waals surface area contributed by atoms with Gasteiger partial charge in [0.2, 0.25) is 0 Å². The number of halogens is 3. The van der Waals surface area contributed by atoms with Gasteiger partial charge in [0.05, 0.1) is 11.3 Å². The summed E-state index contributed by atoms with van der Waals surface area (Å²) in [6.45, 7) is 1.50. The van der Waals surface area contributed by atoms with Crippen molar-refractivity contribution in [1.29, 1.82) is 0 Å². The summed E-state index contributed by atoms with van der Waals surface area (Å²) >= 11 is 1.50. The van der Waals surface area contributed by atoms with E-state index in [0.29, 0.717) is 17.5 Å². The molecule has 1 amide bonds. The molecule has 1 aliphatic rings. The van der Waals surface area contributed by atoms with Crippen molar-refractivity contribution < 1.29 is 27.5 Å². The number of carbonyl (C=O) groups is 2. The molecule has 0 saturated heterocycles. The van der Waals surface area contributed by atoms with Crippen LogP contribution in [-0.2, 0) is 22.4 Å². The van der Waals surface area contributed by atoms with Crippen LogP contribution < -0.4 is 5.32 Å². The molecule has 0 unspecified atom stereocenters. The lowest BCUT2D eigenvalue weighted by molar-refractivity contribution is -0.119. The maximum atomic E-state index is 13.5. The minimum atomic E-state index is -1.68. The number of ether oxygens (including phenoxy) is 1. The number of carbonyl (C=O) groups excluding carboxylic acids is 2. The van der Waals surface area contributed by atoms with Crippen LogP contribution in [0.4, 0.5) is 18.9 Å². The molecular formula is C18H16F3NO3S. The Balaban J connectivity index is 1.60. The molecule has 0 bridgehead atoms. The fraction of sp³-hybridized carbons (Fsp3) is 0.333. The van der Waals surface area contributed by atoms with E-state index in [2.05, 4.69) is 12.2 Å². The highest BCUT2D eigenvalue weighted by atomic mass is 32.1. The number of nitrogens with one attached hydrogen (secondary N) is 1. The Labute approximate surface area is 152 Å². The van der Waals surface area contributed by atoms with Gasteiger partial charge in [0.25, 0.3) is 5.91 Å². The molecule has 1 aliphatic carbocycles. The number of thiophene rings is 1. The number of fused-ring (bicyclic) bond motifs is 1. The van der Waals surface area contributed by atoms with E-state index >= 15 is 0 Å². The number of hydrogen-bond donors (Lipinski definition) is 1. The molecule has 26 heavy (non-hydrogen) atoms.